The molecule has 4 aromatic rings. The van der Waals surface area contributed by atoms with Crippen LogP contribution >= 0.6 is 0 Å². The number of amides is 1. The van der Waals surface area contributed by atoms with E-state index in [0.717, 1.165) is 23.4 Å². The van der Waals surface area contributed by atoms with Crippen LogP contribution in [0.25, 0.3) is 16.6 Å². The van der Waals surface area contributed by atoms with E-state index in [4.69, 9.17) is 0 Å². The van der Waals surface area contributed by atoms with Crippen molar-refractivity contribution < 1.29 is 9.18 Å². The van der Waals surface area contributed by atoms with Crippen LogP contribution in [0.2, 0.25) is 0 Å². The van der Waals surface area contributed by atoms with Gasteiger partial charge in [0, 0.05) is 18.1 Å². The smallest absolute Gasteiger partial charge is 0.272 e. The molecule has 6 nitrogen and oxygen atoms in total. The molecule has 0 fully saturated rings. The Kier molecular flexibility index (Phi) is 4.16. The van der Waals surface area contributed by atoms with Gasteiger partial charge >= 0.3 is 0 Å². The van der Waals surface area contributed by atoms with E-state index in [1.54, 1.807) is 18.2 Å². The van der Waals surface area contributed by atoms with Gasteiger partial charge < -0.3 is 19.6 Å². The number of hydrogen-bond donors (Lipinski definition) is 2. The van der Waals surface area contributed by atoms with E-state index < -0.39 is 0 Å². The Morgan fingerprint density at radius 2 is 2.11 bits per heavy atom. The molecule has 1 aromatic carbocycles. The first-order valence-corrected chi connectivity index (χ1v) is 8.62. The van der Waals surface area contributed by atoms with E-state index in [1.807, 2.05) is 43.9 Å². The Labute approximate surface area is 155 Å². The Morgan fingerprint density at radius 3 is 2.85 bits per heavy atom. The fourth-order valence-corrected chi connectivity index (χ4v) is 3.19. The standard InChI is InChI=1S/C20H20FN5O/c1-12-4-6-16(21)15-8-17(24-19(12)15)20(27)23-13-5-7-18-22-9-14(11-25(2)3)26(18)10-13/h4-10,24H,11H2,1-3H3,(H,23,27). The zero-order chi connectivity index (χ0) is 19.1. The highest BCUT2D eigenvalue weighted by atomic mass is 19.1. The van der Waals surface area contributed by atoms with Crippen LogP contribution in [0, 0.1) is 12.7 Å². The maximum atomic E-state index is 14.0. The summed E-state index contributed by atoms with van der Waals surface area (Å²) in [4.78, 5) is 22.1. The molecular formula is C20H20FN5O. The molecule has 0 bridgehead atoms. The van der Waals surface area contributed by atoms with Gasteiger partial charge in [0.15, 0.2) is 0 Å². The van der Waals surface area contributed by atoms with Gasteiger partial charge in [0.1, 0.15) is 17.2 Å². The summed E-state index contributed by atoms with van der Waals surface area (Å²) in [6, 6.07) is 8.29. The zero-order valence-electron chi connectivity index (χ0n) is 15.4. The van der Waals surface area contributed by atoms with Crippen LogP contribution < -0.4 is 5.32 Å². The summed E-state index contributed by atoms with van der Waals surface area (Å²) in [5, 5.41) is 3.28. The molecule has 0 atom stereocenters. The van der Waals surface area contributed by atoms with E-state index in [1.165, 1.54) is 6.07 Å². The van der Waals surface area contributed by atoms with Crippen LogP contribution in [0.4, 0.5) is 10.1 Å². The molecule has 27 heavy (non-hydrogen) atoms. The number of hydrogen-bond acceptors (Lipinski definition) is 3. The molecule has 3 aromatic heterocycles. The fraction of sp³-hybridized carbons (Fsp3) is 0.200. The molecule has 0 saturated carbocycles. The molecule has 0 aliphatic rings. The summed E-state index contributed by atoms with van der Waals surface area (Å²) in [5.41, 5.74) is 4.32. The van der Waals surface area contributed by atoms with Crippen molar-refractivity contribution in [2.24, 2.45) is 0 Å². The van der Waals surface area contributed by atoms with Gasteiger partial charge in [-0.15, -0.1) is 0 Å². The topological polar surface area (TPSA) is 65.4 Å². The summed E-state index contributed by atoms with van der Waals surface area (Å²) in [6.07, 6.45) is 3.66. The molecule has 1 amide bonds. The second-order valence-electron chi connectivity index (χ2n) is 6.92. The van der Waals surface area contributed by atoms with E-state index in [2.05, 4.69) is 20.2 Å². The van der Waals surface area contributed by atoms with Gasteiger partial charge in [0.2, 0.25) is 0 Å². The van der Waals surface area contributed by atoms with Crippen LogP contribution in [0.1, 0.15) is 21.7 Å². The predicted molar refractivity (Wildman–Crippen MR) is 104 cm³/mol. The number of halogens is 1. The predicted octanol–water partition coefficient (Wildman–Crippen LogP) is 3.58. The van der Waals surface area contributed by atoms with Crippen molar-refractivity contribution in [2.75, 3.05) is 19.4 Å². The van der Waals surface area contributed by atoms with Crippen molar-refractivity contribution in [1.29, 1.82) is 0 Å². The first-order valence-electron chi connectivity index (χ1n) is 8.62. The zero-order valence-corrected chi connectivity index (χ0v) is 15.4. The summed E-state index contributed by atoms with van der Waals surface area (Å²) >= 11 is 0. The fourth-order valence-electron chi connectivity index (χ4n) is 3.19. The number of carbonyl (C=O) groups excluding carboxylic acids is 1. The monoisotopic (exact) mass is 365 g/mol. The van der Waals surface area contributed by atoms with Crippen molar-refractivity contribution >= 4 is 28.1 Å². The third-order valence-corrected chi connectivity index (χ3v) is 4.51. The highest BCUT2D eigenvalue weighted by molar-refractivity contribution is 6.06. The number of anilines is 1. The Hall–Kier alpha value is -3.19. The van der Waals surface area contributed by atoms with E-state index in [9.17, 15) is 9.18 Å². The maximum absolute atomic E-state index is 14.0. The quantitative estimate of drug-likeness (QED) is 0.581. The number of rotatable bonds is 4. The molecular weight excluding hydrogens is 345 g/mol. The number of carbonyl (C=O) groups is 1. The molecule has 0 unspecified atom stereocenters. The van der Waals surface area contributed by atoms with Crippen LogP contribution in [-0.4, -0.2) is 39.3 Å². The summed E-state index contributed by atoms with van der Waals surface area (Å²) in [5.74, 6) is -0.669. The van der Waals surface area contributed by atoms with Gasteiger partial charge in [-0.05, 0) is 50.8 Å². The minimum absolute atomic E-state index is 0.317. The van der Waals surface area contributed by atoms with Crippen LogP contribution in [0.15, 0.2) is 42.7 Å². The van der Waals surface area contributed by atoms with E-state index in [-0.39, 0.29) is 11.7 Å². The van der Waals surface area contributed by atoms with Gasteiger partial charge in [0.05, 0.1) is 23.1 Å². The number of imidazole rings is 1. The highest BCUT2D eigenvalue weighted by Gasteiger charge is 2.14. The van der Waals surface area contributed by atoms with Crippen molar-refractivity contribution in [2.45, 2.75) is 13.5 Å². The third kappa shape index (κ3) is 3.17. The number of aromatic amines is 1. The first-order chi connectivity index (χ1) is 12.9. The van der Waals surface area contributed by atoms with Crippen molar-refractivity contribution in [3.05, 3.63) is 65.5 Å². The van der Waals surface area contributed by atoms with Crippen LogP contribution in [0.3, 0.4) is 0 Å². The number of benzene rings is 1. The first kappa shape index (κ1) is 17.2. The lowest BCUT2D eigenvalue weighted by Gasteiger charge is -2.10. The molecule has 0 radical (unpaired) electrons. The summed E-state index contributed by atoms with van der Waals surface area (Å²) in [7, 11) is 3.98. The molecule has 3 heterocycles. The Balaban J connectivity index is 1.64. The minimum atomic E-state index is -0.348. The Bertz CT molecular complexity index is 1120. The number of aryl methyl sites for hydroxylation is 1. The lowest BCUT2D eigenvalue weighted by Crippen LogP contribution is -2.14. The van der Waals surface area contributed by atoms with Gasteiger partial charge in [-0.25, -0.2) is 9.37 Å². The van der Waals surface area contributed by atoms with Gasteiger partial charge in [-0.3, -0.25) is 4.79 Å². The molecule has 0 aliphatic carbocycles. The molecule has 0 aliphatic heterocycles. The largest absolute Gasteiger partial charge is 0.350 e. The second kappa shape index (κ2) is 6.51. The molecule has 7 heteroatoms. The number of H-pyrrole nitrogens is 1. The molecule has 0 spiro atoms. The highest BCUT2D eigenvalue weighted by Crippen LogP contribution is 2.23. The maximum Gasteiger partial charge on any atom is 0.272 e. The molecule has 138 valence electrons. The third-order valence-electron chi connectivity index (χ3n) is 4.51. The van der Waals surface area contributed by atoms with Crippen molar-refractivity contribution in [1.82, 2.24) is 19.3 Å². The molecule has 2 N–H and O–H groups in total. The summed E-state index contributed by atoms with van der Waals surface area (Å²) in [6.45, 7) is 2.61. The van der Waals surface area contributed by atoms with Gasteiger partial charge in [-0.1, -0.05) is 6.07 Å². The average Bonchev–Trinajstić information content (AvgIpc) is 3.24. The number of nitrogens with one attached hydrogen (secondary N) is 2. The van der Waals surface area contributed by atoms with Gasteiger partial charge in [0.25, 0.3) is 5.91 Å². The van der Waals surface area contributed by atoms with Crippen LogP contribution in [-0.2, 0) is 6.54 Å². The molecule has 0 saturated heterocycles. The lowest BCUT2D eigenvalue weighted by atomic mass is 10.1. The normalized spacial score (nSPS) is 11.6. The van der Waals surface area contributed by atoms with Gasteiger partial charge in [-0.2, -0.15) is 0 Å². The number of aromatic nitrogens is 3. The minimum Gasteiger partial charge on any atom is -0.350 e. The number of nitrogens with zero attached hydrogens (tertiary/aromatic N) is 3. The Morgan fingerprint density at radius 1 is 1.30 bits per heavy atom. The summed E-state index contributed by atoms with van der Waals surface area (Å²) < 4.78 is 15.9. The van der Waals surface area contributed by atoms with E-state index in [0.29, 0.717) is 22.3 Å². The average molecular weight is 365 g/mol. The second-order valence-corrected chi connectivity index (χ2v) is 6.92. The van der Waals surface area contributed by atoms with E-state index >= 15 is 0 Å². The van der Waals surface area contributed by atoms with Crippen molar-refractivity contribution in [3.8, 4) is 0 Å². The van der Waals surface area contributed by atoms with Crippen molar-refractivity contribution in [3.63, 3.8) is 0 Å². The molecule has 4 rings (SSSR count). The van der Waals surface area contributed by atoms with Crippen LogP contribution in [0.5, 0.6) is 0 Å². The number of pyridine rings is 1. The lowest BCUT2D eigenvalue weighted by molar-refractivity contribution is 0.102. The number of fused-ring (bicyclic) bond motifs is 2. The SMILES string of the molecule is Cc1ccc(F)c2cc(C(=O)Nc3ccc4ncc(CN(C)C)n4c3)[nH]c12.